The third kappa shape index (κ3) is 7.92. The third-order valence-electron chi connectivity index (χ3n) is 4.06. The lowest BCUT2D eigenvalue weighted by atomic mass is 10.2. The van der Waals surface area contributed by atoms with E-state index in [0.717, 1.165) is 11.1 Å². The Morgan fingerprint density at radius 1 is 1.10 bits per heavy atom. The van der Waals surface area contributed by atoms with Crippen molar-refractivity contribution in [3.8, 4) is 11.4 Å². The molecule has 0 atom stereocenters. The zero-order valence-electron chi connectivity index (χ0n) is 16.7. The van der Waals surface area contributed by atoms with Gasteiger partial charge in [-0.2, -0.15) is 4.98 Å². The van der Waals surface area contributed by atoms with Gasteiger partial charge in [0.05, 0.1) is 13.2 Å². The van der Waals surface area contributed by atoms with Crippen molar-refractivity contribution in [1.29, 1.82) is 0 Å². The van der Waals surface area contributed by atoms with E-state index in [0.29, 0.717) is 55.4 Å². The van der Waals surface area contributed by atoms with Crippen molar-refractivity contribution in [3.63, 3.8) is 0 Å². The van der Waals surface area contributed by atoms with Gasteiger partial charge in [-0.3, -0.25) is 4.99 Å². The van der Waals surface area contributed by atoms with Gasteiger partial charge in [-0.15, -0.1) is 24.0 Å². The number of guanidine groups is 1. The van der Waals surface area contributed by atoms with Crippen LogP contribution in [0, 0.1) is 0 Å². The molecule has 0 aliphatic carbocycles. The molecule has 3 aromatic rings. The van der Waals surface area contributed by atoms with Gasteiger partial charge >= 0.3 is 0 Å². The van der Waals surface area contributed by atoms with E-state index in [-0.39, 0.29) is 24.0 Å². The summed E-state index contributed by atoms with van der Waals surface area (Å²) in [6, 6.07) is 17.5. The van der Waals surface area contributed by atoms with E-state index in [1.807, 2.05) is 42.5 Å². The lowest BCUT2D eigenvalue weighted by Gasteiger charge is -2.11. The van der Waals surface area contributed by atoms with Crippen LogP contribution in [0.15, 0.2) is 64.1 Å². The molecule has 2 N–H and O–H groups in total. The first-order valence-corrected chi connectivity index (χ1v) is 9.77. The number of aromatic nitrogens is 2. The predicted octanol–water partition coefficient (Wildman–Crippen LogP) is 3.93. The van der Waals surface area contributed by atoms with Crippen LogP contribution in [0.3, 0.4) is 0 Å². The molecule has 30 heavy (non-hydrogen) atoms. The first-order valence-electron chi connectivity index (χ1n) is 9.39. The number of hydrogen-bond donors (Lipinski definition) is 2. The van der Waals surface area contributed by atoms with Crippen molar-refractivity contribution in [2.75, 3.05) is 26.7 Å². The van der Waals surface area contributed by atoms with E-state index in [2.05, 4.69) is 25.8 Å². The number of halogens is 2. The van der Waals surface area contributed by atoms with Gasteiger partial charge in [0.1, 0.15) is 0 Å². The molecule has 0 fully saturated rings. The minimum atomic E-state index is 0. The normalized spacial score (nSPS) is 11.1. The Kier molecular flexibility index (Phi) is 10.6. The monoisotopic (exact) mass is 541 g/mol. The first-order chi connectivity index (χ1) is 14.2. The van der Waals surface area contributed by atoms with E-state index < -0.39 is 0 Å². The van der Waals surface area contributed by atoms with Crippen molar-refractivity contribution >= 4 is 41.5 Å². The van der Waals surface area contributed by atoms with Crippen LogP contribution in [0.1, 0.15) is 11.5 Å². The highest BCUT2D eigenvalue weighted by molar-refractivity contribution is 14.0. The van der Waals surface area contributed by atoms with Crippen LogP contribution in [-0.2, 0) is 17.8 Å². The number of aliphatic imine (C=N–C) groups is 1. The summed E-state index contributed by atoms with van der Waals surface area (Å²) in [5.41, 5.74) is 1.99. The molecule has 0 saturated heterocycles. The van der Waals surface area contributed by atoms with Gasteiger partial charge in [0.15, 0.2) is 5.96 Å². The summed E-state index contributed by atoms with van der Waals surface area (Å²) in [4.78, 5) is 8.60. The summed E-state index contributed by atoms with van der Waals surface area (Å²) >= 11 is 6.00. The number of benzene rings is 2. The summed E-state index contributed by atoms with van der Waals surface area (Å²) in [7, 11) is 1.73. The second-order valence-electron chi connectivity index (χ2n) is 6.24. The average Bonchev–Trinajstić information content (AvgIpc) is 3.22. The Morgan fingerprint density at radius 2 is 1.90 bits per heavy atom. The smallest absolute Gasteiger partial charge is 0.228 e. The third-order valence-corrected chi connectivity index (χ3v) is 4.29. The Morgan fingerprint density at radius 3 is 2.67 bits per heavy atom. The van der Waals surface area contributed by atoms with Crippen molar-refractivity contribution in [2.45, 2.75) is 13.0 Å². The van der Waals surface area contributed by atoms with Gasteiger partial charge in [-0.05, 0) is 17.7 Å². The quantitative estimate of drug-likeness (QED) is 0.185. The Bertz CT molecular complexity index is 921. The molecule has 160 valence electrons. The highest BCUT2D eigenvalue weighted by atomic mass is 127. The molecule has 0 aliphatic rings. The Balaban J connectivity index is 0.00000320. The molecule has 0 saturated carbocycles. The van der Waals surface area contributed by atoms with E-state index in [1.54, 1.807) is 19.2 Å². The molecule has 1 heterocycles. The van der Waals surface area contributed by atoms with E-state index >= 15 is 0 Å². The number of rotatable bonds is 9. The Labute approximate surface area is 198 Å². The summed E-state index contributed by atoms with van der Waals surface area (Å²) in [5.74, 6) is 1.78. The number of nitrogens with zero attached hydrogens (tertiary/aromatic N) is 3. The van der Waals surface area contributed by atoms with Crippen LogP contribution in [0.5, 0.6) is 0 Å². The molecular weight excluding hydrogens is 517 g/mol. The summed E-state index contributed by atoms with van der Waals surface area (Å²) in [6.45, 7) is 2.45. The molecule has 0 bridgehead atoms. The minimum Gasteiger partial charge on any atom is -0.375 e. The second-order valence-corrected chi connectivity index (χ2v) is 6.67. The SMILES string of the molecule is CN=C(NCCOCc1ccccc1)NCCc1nc(-c2cccc(Cl)c2)no1.I. The fourth-order valence-electron chi connectivity index (χ4n) is 2.62. The van der Waals surface area contributed by atoms with E-state index in [1.165, 1.54) is 0 Å². The minimum absolute atomic E-state index is 0. The van der Waals surface area contributed by atoms with Crippen molar-refractivity contribution < 1.29 is 9.26 Å². The predicted molar refractivity (Wildman–Crippen MR) is 129 cm³/mol. The molecule has 0 spiro atoms. The van der Waals surface area contributed by atoms with E-state index in [9.17, 15) is 0 Å². The molecule has 2 aromatic carbocycles. The summed E-state index contributed by atoms with van der Waals surface area (Å²) in [5, 5.41) is 11.1. The zero-order valence-corrected chi connectivity index (χ0v) is 19.8. The molecule has 1 aromatic heterocycles. The van der Waals surface area contributed by atoms with Gasteiger partial charge in [-0.1, -0.05) is 59.2 Å². The molecule has 3 rings (SSSR count). The summed E-state index contributed by atoms with van der Waals surface area (Å²) < 4.78 is 11.0. The van der Waals surface area contributed by atoms with Crippen LogP contribution in [-0.4, -0.2) is 42.8 Å². The molecule has 0 aliphatic heterocycles. The van der Waals surface area contributed by atoms with Crippen LogP contribution < -0.4 is 10.6 Å². The number of hydrogen-bond acceptors (Lipinski definition) is 5. The highest BCUT2D eigenvalue weighted by Gasteiger charge is 2.09. The van der Waals surface area contributed by atoms with Crippen molar-refractivity contribution in [3.05, 3.63) is 71.1 Å². The topological polar surface area (TPSA) is 84.6 Å². The average molecular weight is 542 g/mol. The lowest BCUT2D eigenvalue weighted by Crippen LogP contribution is -2.39. The van der Waals surface area contributed by atoms with Gasteiger partial charge in [0, 0.05) is 37.1 Å². The van der Waals surface area contributed by atoms with Crippen LogP contribution in [0.25, 0.3) is 11.4 Å². The largest absolute Gasteiger partial charge is 0.375 e. The van der Waals surface area contributed by atoms with Crippen molar-refractivity contribution in [2.24, 2.45) is 4.99 Å². The molecule has 7 nitrogen and oxygen atoms in total. The van der Waals surface area contributed by atoms with E-state index in [4.69, 9.17) is 20.9 Å². The van der Waals surface area contributed by atoms with Gasteiger partial charge in [0.2, 0.25) is 11.7 Å². The fraction of sp³-hybridized carbons (Fsp3) is 0.286. The molecular formula is C21H25ClIN5O2. The summed E-state index contributed by atoms with van der Waals surface area (Å²) in [6.07, 6.45) is 0.582. The standard InChI is InChI=1S/C21H24ClN5O2.HI/c1-23-21(25-12-13-28-15-16-6-3-2-4-7-16)24-11-10-19-26-20(27-29-19)17-8-5-9-18(22)14-17;/h2-9,14H,10-13,15H2,1H3,(H2,23,24,25);1H. The van der Waals surface area contributed by atoms with Gasteiger partial charge in [0.25, 0.3) is 0 Å². The molecule has 0 radical (unpaired) electrons. The molecule has 0 unspecified atom stereocenters. The maximum Gasteiger partial charge on any atom is 0.228 e. The maximum atomic E-state index is 6.00. The van der Waals surface area contributed by atoms with Crippen LogP contribution in [0.4, 0.5) is 0 Å². The highest BCUT2D eigenvalue weighted by Crippen LogP contribution is 2.19. The molecule has 9 heteroatoms. The number of nitrogens with one attached hydrogen (secondary N) is 2. The van der Waals surface area contributed by atoms with Crippen LogP contribution in [0.2, 0.25) is 5.02 Å². The second kappa shape index (κ2) is 13.2. The first kappa shape index (κ1) is 24.1. The van der Waals surface area contributed by atoms with Crippen LogP contribution >= 0.6 is 35.6 Å². The fourth-order valence-corrected chi connectivity index (χ4v) is 2.81. The van der Waals surface area contributed by atoms with Gasteiger partial charge < -0.3 is 19.9 Å². The van der Waals surface area contributed by atoms with Crippen molar-refractivity contribution in [1.82, 2.24) is 20.8 Å². The lowest BCUT2D eigenvalue weighted by molar-refractivity contribution is 0.125. The zero-order chi connectivity index (χ0) is 20.3. The van der Waals surface area contributed by atoms with Gasteiger partial charge in [-0.25, -0.2) is 0 Å². The maximum absolute atomic E-state index is 6.00. The number of ether oxygens (including phenoxy) is 1. The molecule has 0 amide bonds. The Hall–Kier alpha value is -2.17.